The van der Waals surface area contributed by atoms with E-state index in [-0.39, 0.29) is 29.4 Å². The highest BCUT2D eigenvalue weighted by Crippen LogP contribution is 2.26. The van der Waals surface area contributed by atoms with Crippen LogP contribution in [-0.2, 0) is 4.74 Å². The summed E-state index contributed by atoms with van der Waals surface area (Å²) in [7, 11) is 0. The van der Waals surface area contributed by atoms with Crippen molar-refractivity contribution in [2.45, 2.75) is 26.7 Å². The molecular weight excluding hydrogens is 365 g/mol. The molecule has 1 heterocycles. The van der Waals surface area contributed by atoms with E-state index in [9.17, 15) is 0 Å². The zero-order valence-electron chi connectivity index (χ0n) is 12.3. The molecule has 3 N–H and O–H groups in total. The quantitative estimate of drug-likeness (QED) is 0.473. The number of hydrogen-bond acceptors (Lipinski definition) is 2. The number of rotatable bonds is 4. The van der Waals surface area contributed by atoms with Gasteiger partial charge in [0.1, 0.15) is 0 Å². The maximum atomic E-state index is 5.92. The topological polar surface area (TPSA) is 59.6 Å². The van der Waals surface area contributed by atoms with E-state index in [1.807, 2.05) is 12.1 Å². The summed E-state index contributed by atoms with van der Waals surface area (Å²) in [4.78, 5) is 4.39. The van der Waals surface area contributed by atoms with Gasteiger partial charge in [-0.15, -0.1) is 24.0 Å². The molecule has 0 aliphatic carbocycles. The fourth-order valence-corrected chi connectivity index (χ4v) is 1.98. The summed E-state index contributed by atoms with van der Waals surface area (Å²) >= 11 is 0. The van der Waals surface area contributed by atoms with Crippen LogP contribution in [0.15, 0.2) is 29.3 Å². The second-order valence-corrected chi connectivity index (χ2v) is 5.91. The van der Waals surface area contributed by atoms with Crippen LogP contribution in [0.25, 0.3) is 0 Å². The van der Waals surface area contributed by atoms with Gasteiger partial charge in [-0.3, -0.25) is 4.99 Å². The molecule has 0 saturated carbocycles. The molecule has 112 valence electrons. The van der Waals surface area contributed by atoms with Crippen molar-refractivity contribution >= 4 is 35.6 Å². The number of benzene rings is 1. The minimum Gasteiger partial charge on any atom is -0.380 e. The molecule has 1 aromatic carbocycles. The highest BCUT2D eigenvalue weighted by Gasteiger charge is 2.32. The highest BCUT2D eigenvalue weighted by molar-refractivity contribution is 14.0. The van der Waals surface area contributed by atoms with Gasteiger partial charge in [0.2, 0.25) is 0 Å². The summed E-state index contributed by atoms with van der Waals surface area (Å²) in [6.07, 6.45) is 0. The number of nitrogens with two attached hydrogens (primary N) is 1. The highest BCUT2D eigenvalue weighted by atomic mass is 127. The second kappa shape index (κ2) is 7.26. The zero-order chi connectivity index (χ0) is 13.9. The van der Waals surface area contributed by atoms with Crippen LogP contribution >= 0.6 is 24.0 Å². The standard InChI is InChI=1S/C15H23N3O.HI/c1-11(2)12-5-4-6-13(7-12)18-14(16)17-8-15(3)9-19-10-15;/h4-7,11H,8-10H2,1-3H3,(H3,16,17,18);1H. The van der Waals surface area contributed by atoms with E-state index < -0.39 is 0 Å². The molecule has 0 amide bonds. The molecule has 1 aliphatic rings. The summed E-state index contributed by atoms with van der Waals surface area (Å²) in [6.45, 7) is 8.75. The Kier molecular flexibility index (Phi) is 6.26. The van der Waals surface area contributed by atoms with Crippen molar-refractivity contribution in [2.24, 2.45) is 16.1 Å². The first kappa shape index (κ1) is 17.2. The Balaban J connectivity index is 0.00000200. The van der Waals surface area contributed by atoms with Crippen LogP contribution in [0.5, 0.6) is 0 Å². The van der Waals surface area contributed by atoms with Crippen LogP contribution in [0, 0.1) is 5.41 Å². The largest absolute Gasteiger partial charge is 0.380 e. The first-order valence-corrected chi connectivity index (χ1v) is 6.73. The third-order valence-corrected chi connectivity index (χ3v) is 3.36. The molecular formula is C15H24IN3O. The molecule has 0 unspecified atom stereocenters. The molecule has 20 heavy (non-hydrogen) atoms. The summed E-state index contributed by atoms with van der Waals surface area (Å²) in [6, 6.07) is 8.27. The van der Waals surface area contributed by atoms with Gasteiger partial charge >= 0.3 is 0 Å². The molecule has 4 nitrogen and oxygen atoms in total. The first-order valence-electron chi connectivity index (χ1n) is 6.73. The fraction of sp³-hybridized carbons (Fsp3) is 0.533. The van der Waals surface area contributed by atoms with Crippen molar-refractivity contribution < 1.29 is 4.74 Å². The van der Waals surface area contributed by atoms with Crippen molar-refractivity contribution in [3.05, 3.63) is 29.8 Å². The van der Waals surface area contributed by atoms with Crippen LogP contribution in [0.3, 0.4) is 0 Å². The van der Waals surface area contributed by atoms with E-state index in [1.165, 1.54) is 5.56 Å². The maximum Gasteiger partial charge on any atom is 0.193 e. The lowest BCUT2D eigenvalue weighted by atomic mass is 9.89. The van der Waals surface area contributed by atoms with Crippen LogP contribution in [-0.4, -0.2) is 25.7 Å². The summed E-state index contributed by atoms with van der Waals surface area (Å²) in [5, 5.41) is 3.14. The SMILES string of the molecule is CC(C)c1cccc(NC(N)=NCC2(C)COC2)c1.I. The predicted molar refractivity (Wildman–Crippen MR) is 95.0 cm³/mol. The minimum atomic E-state index is 0. The lowest BCUT2D eigenvalue weighted by molar-refractivity contribution is -0.0944. The minimum absolute atomic E-state index is 0. The lowest BCUT2D eigenvalue weighted by Gasteiger charge is -2.36. The van der Waals surface area contributed by atoms with E-state index in [0.29, 0.717) is 18.4 Å². The summed E-state index contributed by atoms with van der Waals surface area (Å²) in [5.41, 5.74) is 8.35. The number of hydrogen-bond donors (Lipinski definition) is 2. The maximum absolute atomic E-state index is 5.92. The molecule has 1 aromatic rings. The number of nitrogens with one attached hydrogen (secondary N) is 1. The third-order valence-electron chi connectivity index (χ3n) is 3.36. The molecule has 5 heteroatoms. The van der Waals surface area contributed by atoms with Crippen LogP contribution in [0.2, 0.25) is 0 Å². The van der Waals surface area contributed by atoms with Gasteiger partial charge in [0.05, 0.1) is 19.8 Å². The van der Waals surface area contributed by atoms with Crippen molar-refractivity contribution in [3.63, 3.8) is 0 Å². The summed E-state index contributed by atoms with van der Waals surface area (Å²) in [5.74, 6) is 0.972. The van der Waals surface area contributed by atoms with Crippen molar-refractivity contribution in [3.8, 4) is 0 Å². The smallest absolute Gasteiger partial charge is 0.193 e. The van der Waals surface area contributed by atoms with Gasteiger partial charge in [0, 0.05) is 11.1 Å². The zero-order valence-corrected chi connectivity index (χ0v) is 14.7. The van der Waals surface area contributed by atoms with Crippen LogP contribution < -0.4 is 11.1 Å². The number of guanidine groups is 1. The monoisotopic (exact) mass is 389 g/mol. The number of nitrogens with zero attached hydrogens (tertiary/aromatic N) is 1. The molecule has 1 aliphatic heterocycles. The van der Waals surface area contributed by atoms with Crippen LogP contribution in [0.1, 0.15) is 32.3 Å². The molecule has 1 fully saturated rings. The number of anilines is 1. The number of aliphatic imine (C=N–C) groups is 1. The van der Waals surface area contributed by atoms with Gasteiger partial charge in [0.25, 0.3) is 0 Å². The first-order chi connectivity index (χ1) is 8.98. The lowest BCUT2D eigenvalue weighted by Crippen LogP contribution is -2.43. The molecule has 2 rings (SSSR count). The van der Waals surface area contributed by atoms with Gasteiger partial charge in [-0.25, -0.2) is 0 Å². The van der Waals surface area contributed by atoms with Crippen molar-refractivity contribution in [1.82, 2.24) is 0 Å². The van der Waals surface area contributed by atoms with E-state index in [4.69, 9.17) is 10.5 Å². The average molecular weight is 389 g/mol. The third kappa shape index (κ3) is 4.63. The number of ether oxygens (including phenoxy) is 1. The Bertz CT molecular complexity index is 470. The Morgan fingerprint density at radius 1 is 1.45 bits per heavy atom. The average Bonchev–Trinajstić information content (AvgIpc) is 2.34. The summed E-state index contributed by atoms with van der Waals surface area (Å²) < 4.78 is 5.20. The van der Waals surface area contributed by atoms with E-state index >= 15 is 0 Å². The van der Waals surface area contributed by atoms with E-state index in [1.54, 1.807) is 0 Å². The van der Waals surface area contributed by atoms with Gasteiger partial charge in [0.15, 0.2) is 5.96 Å². The predicted octanol–water partition coefficient (Wildman–Crippen LogP) is 3.19. The molecule has 0 radical (unpaired) electrons. The Morgan fingerprint density at radius 3 is 2.70 bits per heavy atom. The van der Waals surface area contributed by atoms with Gasteiger partial charge in [-0.2, -0.15) is 0 Å². The molecule has 1 saturated heterocycles. The van der Waals surface area contributed by atoms with Gasteiger partial charge < -0.3 is 15.8 Å². The molecule has 0 spiro atoms. The van der Waals surface area contributed by atoms with Crippen molar-refractivity contribution in [2.75, 3.05) is 25.1 Å². The van der Waals surface area contributed by atoms with Gasteiger partial charge in [-0.1, -0.05) is 32.9 Å². The van der Waals surface area contributed by atoms with E-state index in [0.717, 1.165) is 18.9 Å². The molecule has 0 aromatic heterocycles. The Hall–Kier alpha value is -0.820. The van der Waals surface area contributed by atoms with Crippen molar-refractivity contribution in [1.29, 1.82) is 0 Å². The van der Waals surface area contributed by atoms with E-state index in [2.05, 4.69) is 43.2 Å². The molecule has 0 atom stereocenters. The number of halogens is 1. The fourth-order valence-electron chi connectivity index (χ4n) is 1.98. The second-order valence-electron chi connectivity index (χ2n) is 5.91. The Labute approximate surface area is 138 Å². The van der Waals surface area contributed by atoms with Crippen LogP contribution in [0.4, 0.5) is 5.69 Å². The molecule has 0 bridgehead atoms. The van der Waals surface area contributed by atoms with Gasteiger partial charge in [-0.05, 0) is 23.6 Å². The Morgan fingerprint density at radius 2 is 2.15 bits per heavy atom. The normalized spacial score (nSPS) is 17.3.